The molecule has 1 fully saturated rings. The van der Waals surface area contributed by atoms with E-state index in [-0.39, 0.29) is 11.9 Å². The van der Waals surface area contributed by atoms with Crippen LogP contribution in [0, 0.1) is 26.7 Å². The van der Waals surface area contributed by atoms with Gasteiger partial charge < -0.3 is 20.1 Å². The van der Waals surface area contributed by atoms with E-state index >= 15 is 0 Å². The number of hydrogen-bond acceptors (Lipinski definition) is 4. The van der Waals surface area contributed by atoms with Gasteiger partial charge >= 0.3 is 0 Å². The van der Waals surface area contributed by atoms with Gasteiger partial charge in [0.05, 0.1) is 6.04 Å². The van der Waals surface area contributed by atoms with Crippen molar-refractivity contribution in [3.8, 4) is 11.5 Å². The summed E-state index contributed by atoms with van der Waals surface area (Å²) in [5.74, 6) is 2.13. The van der Waals surface area contributed by atoms with Crippen molar-refractivity contribution < 1.29 is 14.3 Å². The average molecular weight is 545 g/mol. The summed E-state index contributed by atoms with van der Waals surface area (Å²) in [5, 5.41) is 7.51. The van der Waals surface area contributed by atoms with Gasteiger partial charge in [-0.1, -0.05) is 41.9 Å². The zero-order valence-electron chi connectivity index (χ0n) is 23.0. The lowest BCUT2D eigenvalue weighted by atomic mass is 9.92. The van der Waals surface area contributed by atoms with Crippen LogP contribution in [-0.4, -0.2) is 32.2 Å². The zero-order valence-corrected chi connectivity index (χ0v) is 23.7. The number of benzene rings is 3. The third kappa shape index (κ3) is 6.66. The van der Waals surface area contributed by atoms with Gasteiger partial charge in [0.1, 0.15) is 24.7 Å². The first-order chi connectivity index (χ1) is 18.9. The van der Waals surface area contributed by atoms with Crippen molar-refractivity contribution >= 4 is 23.1 Å². The summed E-state index contributed by atoms with van der Waals surface area (Å²) in [6.07, 6.45) is 3.14. The van der Waals surface area contributed by atoms with E-state index in [1.165, 1.54) is 16.7 Å². The van der Waals surface area contributed by atoms with E-state index < -0.39 is 0 Å². The van der Waals surface area contributed by atoms with E-state index in [1.54, 1.807) is 0 Å². The summed E-state index contributed by atoms with van der Waals surface area (Å²) in [4.78, 5) is 13.6. The molecule has 1 aliphatic heterocycles. The first-order valence-corrected chi connectivity index (χ1v) is 14.2. The van der Waals surface area contributed by atoms with Crippen molar-refractivity contribution in [1.29, 1.82) is 0 Å². The van der Waals surface area contributed by atoms with Crippen molar-refractivity contribution in [2.45, 2.75) is 46.1 Å². The minimum atomic E-state index is 0.0324. The molecule has 1 heterocycles. The summed E-state index contributed by atoms with van der Waals surface area (Å²) >= 11 is 6.02. The number of aryl methyl sites for hydroxylation is 2. The molecule has 1 amide bonds. The Kier molecular flexibility index (Phi) is 8.59. The highest BCUT2D eigenvalue weighted by Crippen LogP contribution is 2.42. The lowest BCUT2D eigenvalue weighted by molar-refractivity contribution is -0.118. The number of nitrogens with one attached hydrogen (secondary N) is 2. The van der Waals surface area contributed by atoms with E-state index in [4.69, 9.17) is 21.1 Å². The summed E-state index contributed by atoms with van der Waals surface area (Å²) in [7, 11) is 0. The minimum absolute atomic E-state index is 0.0324. The maximum absolute atomic E-state index is 13.6. The van der Waals surface area contributed by atoms with Crippen LogP contribution in [0.15, 0.2) is 66.2 Å². The van der Waals surface area contributed by atoms with Crippen LogP contribution in [0.3, 0.4) is 0 Å². The summed E-state index contributed by atoms with van der Waals surface area (Å²) in [5.41, 5.74) is 7.78. The standard InChI is InChI=1S/C33H37ClN2O3/c1-21-5-4-6-28(23(21)3)32(25-7-8-25)36-33(37)30-20-35-16-15-29(30)24-9-12-27(13-10-24)38-17-18-39-31-14-11-26(34)19-22(31)2/h4-6,9-14,19,25,32,35H,7-8,15-18,20H2,1-3H3,(H,36,37). The highest BCUT2D eigenvalue weighted by Gasteiger charge is 2.35. The molecule has 3 aromatic rings. The van der Waals surface area contributed by atoms with Gasteiger partial charge in [0, 0.05) is 17.1 Å². The van der Waals surface area contributed by atoms with Crippen molar-refractivity contribution in [2.24, 2.45) is 5.92 Å². The lowest BCUT2D eigenvalue weighted by Gasteiger charge is -2.26. The molecule has 5 nitrogen and oxygen atoms in total. The zero-order chi connectivity index (χ0) is 27.4. The van der Waals surface area contributed by atoms with Gasteiger partial charge in [-0.15, -0.1) is 0 Å². The SMILES string of the molecule is Cc1cc(Cl)ccc1OCCOc1ccc(C2=C(C(=O)NC(c3cccc(C)c3C)C3CC3)CNCC2)cc1. The number of hydrogen-bond donors (Lipinski definition) is 2. The second-order valence-electron chi connectivity index (χ2n) is 10.6. The van der Waals surface area contributed by atoms with E-state index in [0.29, 0.717) is 30.7 Å². The molecule has 3 aromatic carbocycles. The molecule has 2 N–H and O–H groups in total. The second-order valence-corrected chi connectivity index (χ2v) is 11.0. The number of rotatable bonds is 10. The maximum atomic E-state index is 13.6. The molecule has 39 heavy (non-hydrogen) atoms. The van der Waals surface area contributed by atoms with Crippen LogP contribution in [0.1, 0.15) is 53.1 Å². The fourth-order valence-corrected chi connectivity index (χ4v) is 5.50. The molecule has 2 aliphatic rings. The Balaban J connectivity index is 1.24. The van der Waals surface area contributed by atoms with Crippen molar-refractivity contribution in [3.05, 3.63) is 99.1 Å². The number of carbonyl (C=O) groups is 1. The van der Waals surface area contributed by atoms with Crippen molar-refractivity contribution in [2.75, 3.05) is 26.3 Å². The quantitative estimate of drug-likeness (QED) is 0.278. The monoisotopic (exact) mass is 544 g/mol. The van der Waals surface area contributed by atoms with Gasteiger partial charge in [-0.2, -0.15) is 0 Å². The molecule has 0 radical (unpaired) electrons. The number of amides is 1. The van der Waals surface area contributed by atoms with Crippen molar-refractivity contribution in [1.82, 2.24) is 10.6 Å². The molecule has 204 valence electrons. The Morgan fingerprint density at radius 1 is 1.00 bits per heavy atom. The number of halogens is 1. The average Bonchev–Trinajstić information content (AvgIpc) is 3.78. The molecule has 5 rings (SSSR count). The predicted molar refractivity (Wildman–Crippen MR) is 158 cm³/mol. The molecule has 0 spiro atoms. The Morgan fingerprint density at radius 2 is 1.77 bits per heavy atom. The predicted octanol–water partition coefficient (Wildman–Crippen LogP) is 6.74. The second kappa shape index (κ2) is 12.3. The molecular weight excluding hydrogens is 508 g/mol. The van der Waals surface area contributed by atoms with Gasteiger partial charge in [0.15, 0.2) is 0 Å². The van der Waals surface area contributed by atoms with Gasteiger partial charge in [-0.05, 0) is 116 Å². The Labute approximate surface area is 236 Å². The van der Waals surface area contributed by atoms with Crippen LogP contribution in [0.25, 0.3) is 5.57 Å². The van der Waals surface area contributed by atoms with Crippen LogP contribution in [0.4, 0.5) is 0 Å². The highest BCUT2D eigenvalue weighted by molar-refractivity contribution is 6.30. The first-order valence-electron chi connectivity index (χ1n) is 13.8. The fourth-order valence-electron chi connectivity index (χ4n) is 5.28. The normalized spacial score (nSPS) is 16.1. The third-order valence-electron chi connectivity index (χ3n) is 7.80. The van der Waals surface area contributed by atoms with E-state index in [1.807, 2.05) is 37.3 Å². The van der Waals surface area contributed by atoms with E-state index in [2.05, 4.69) is 54.8 Å². The van der Waals surface area contributed by atoms with Crippen LogP contribution in [0.2, 0.25) is 5.02 Å². The lowest BCUT2D eigenvalue weighted by Crippen LogP contribution is -2.37. The Morgan fingerprint density at radius 3 is 2.51 bits per heavy atom. The molecule has 1 unspecified atom stereocenters. The molecule has 0 bridgehead atoms. The summed E-state index contributed by atoms with van der Waals surface area (Å²) < 4.78 is 11.7. The minimum Gasteiger partial charge on any atom is -0.490 e. The summed E-state index contributed by atoms with van der Waals surface area (Å²) in [6, 6.07) is 20.1. The fraction of sp³-hybridized carbons (Fsp3) is 0.364. The maximum Gasteiger partial charge on any atom is 0.249 e. The van der Waals surface area contributed by atoms with Crippen LogP contribution >= 0.6 is 11.6 Å². The highest BCUT2D eigenvalue weighted by atomic mass is 35.5. The molecular formula is C33H37ClN2O3. The van der Waals surface area contributed by atoms with E-state index in [9.17, 15) is 4.79 Å². The van der Waals surface area contributed by atoms with Gasteiger partial charge in [-0.3, -0.25) is 4.79 Å². The van der Waals surface area contributed by atoms with Gasteiger partial charge in [-0.25, -0.2) is 0 Å². The smallest absolute Gasteiger partial charge is 0.249 e. The Hall–Kier alpha value is -3.28. The van der Waals surface area contributed by atoms with Crippen LogP contribution < -0.4 is 20.1 Å². The van der Waals surface area contributed by atoms with E-state index in [0.717, 1.165) is 59.6 Å². The third-order valence-corrected chi connectivity index (χ3v) is 8.04. The number of ether oxygens (including phenoxy) is 2. The Bertz CT molecular complexity index is 1360. The molecule has 1 saturated carbocycles. The topological polar surface area (TPSA) is 59.6 Å². The molecule has 6 heteroatoms. The van der Waals surface area contributed by atoms with Crippen molar-refractivity contribution in [3.63, 3.8) is 0 Å². The molecule has 0 saturated heterocycles. The van der Waals surface area contributed by atoms with Gasteiger partial charge in [0.2, 0.25) is 5.91 Å². The first kappa shape index (κ1) is 27.3. The molecule has 0 aromatic heterocycles. The van der Waals surface area contributed by atoms with Gasteiger partial charge in [0.25, 0.3) is 0 Å². The van der Waals surface area contributed by atoms with Crippen LogP contribution in [0.5, 0.6) is 11.5 Å². The largest absolute Gasteiger partial charge is 0.490 e. The summed E-state index contributed by atoms with van der Waals surface area (Å²) in [6.45, 7) is 8.57. The van der Waals surface area contributed by atoms with Crippen LogP contribution in [-0.2, 0) is 4.79 Å². The number of carbonyl (C=O) groups excluding carboxylic acids is 1. The molecule has 1 aliphatic carbocycles. The molecule has 1 atom stereocenters.